The Morgan fingerprint density at radius 3 is 2.72 bits per heavy atom. The number of benzene rings is 2. The van der Waals surface area contributed by atoms with Crippen molar-refractivity contribution in [1.82, 2.24) is 10.2 Å². The Kier molecular flexibility index (Phi) is 5.12. The van der Waals surface area contributed by atoms with Crippen LogP contribution in [0.2, 0.25) is 0 Å². The Labute approximate surface area is 169 Å². The Balaban J connectivity index is 1.84. The first-order valence-corrected chi connectivity index (χ1v) is 9.47. The van der Waals surface area contributed by atoms with E-state index >= 15 is 0 Å². The first-order valence-electron chi connectivity index (χ1n) is 9.47. The first-order chi connectivity index (χ1) is 14.1. The van der Waals surface area contributed by atoms with Crippen molar-refractivity contribution >= 4 is 11.7 Å². The van der Waals surface area contributed by atoms with Crippen molar-refractivity contribution in [3.05, 3.63) is 53.6 Å². The Hall–Kier alpha value is -3.48. The molecule has 0 bridgehead atoms. The summed E-state index contributed by atoms with van der Waals surface area (Å²) in [6, 6.07) is 13.5. The number of fused-ring (bicyclic) bond motifs is 1. The predicted molar refractivity (Wildman–Crippen MR) is 110 cm³/mol. The molecule has 150 valence electrons. The molecule has 2 heterocycles. The monoisotopic (exact) mass is 393 g/mol. The van der Waals surface area contributed by atoms with Crippen LogP contribution in [0.15, 0.2) is 42.5 Å². The van der Waals surface area contributed by atoms with E-state index < -0.39 is 0 Å². The van der Waals surface area contributed by atoms with Gasteiger partial charge in [0, 0.05) is 29.5 Å². The lowest BCUT2D eigenvalue weighted by molar-refractivity contribution is -0.116. The molecule has 29 heavy (non-hydrogen) atoms. The van der Waals surface area contributed by atoms with E-state index in [4.69, 9.17) is 14.2 Å². The second-order valence-electron chi connectivity index (χ2n) is 6.74. The number of carbonyl (C=O) groups excluding carboxylic acids is 1. The molecule has 1 unspecified atom stereocenters. The van der Waals surface area contributed by atoms with Crippen molar-refractivity contribution in [2.45, 2.75) is 19.3 Å². The summed E-state index contributed by atoms with van der Waals surface area (Å²) in [5.74, 6) is 2.47. The molecule has 4 rings (SSSR count). The van der Waals surface area contributed by atoms with E-state index in [1.54, 1.807) is 14.2 Å². The topological polar surface area (TPSA) is 85.5 Å². The number of aromatic amines is 1. The Morgan fingerprint density at radius 1 is 1.10 bits per heavy atom. The summed E-state index contributed by atoms with van der Waals surface area (Å²) in [4.78, 5) is 12.3. The van der Waals surface area contributed by atoms with Crippen LogP contribution in [0.25, 0.3) is 11.3 Å². The number of nitrogens with one attached hydrogen (secondary N) is 2. The van der Waals surface area contributed by atoms with Crippen molar-refractivity contribution < 1.29 is 19.0 Å². The largest absolute Gasteiger partial charge is 0.497 e. The molecule has 1 aliphatic heterocycles. The second-order valence-corrected chi connectivity index (χ2v) is 6.74. The highest BCUT2D eigenvalue weighted by atomic mass is 16.5. The highest BCUT2D eigenvalue weighted by Crippen LogP contribution is 2.44. The number of ether oxygens (including phenoxy) is 3. The smallest absolute Gasteiger partial charge is 0.226 e. The summed E-state index contributed by atoms with van der Waals surface area (Å²) in [6.07, 6.45) is 0.327. The average Bonchev–Trinajstić information content (AvgIpc) is 3.16. The van der Waals surface area contributed by atoms with E-state index in [2.05, 4.69) is 15.5 Å². The van der Waals surface area contributed by atoms with Crippen LogP contribution in [0.3, 0.4) is 0 Å². The molecule has 7 heteroatoms. The lowest BCUT2D eigenvalue weighted by Crippen LogP contribution is -2.23. The van der Waals surface area contributed by atoms with Gasteiger partial charge in [0.1, 0.15) is 17.2 Å². The van der Waals surface area contributed by atoms with Gasteiger partial charge < -0.3 is 19.5 Å². The van der Waals surface area contributed by atoms with Crippen molar-refractivity contribution in [2.75, 3.05) is 26.1 Å². The zero-order valence-electron chi connectivity index (χ0n) is 16.6. The number of H-pyrrole nitrogens is 1. The molecule has 1 atom stereocenters. The Morgan fingerprint density at radius 2 is 1.97 bits per heavy atom. The molecule has 0 saturated carbocycles. The highest BCUT2D eigenvalue weighted by molar-refractivity contribution is 5.96. The molecule has 7 nitrogen and oxygen atoms in total. The van der Waals surface area contributed by atoms with Gasteiger partial charge >= 0.3 is 0 Å². The zero-order valence-corrected chi connectivity index (χ0v) is 16.6. The summed E-state index contributed by atoms with van der Waals surface area (Å²) in [6.45, 7) is 2.53. The van der Waals surface area contributed by atoms with Gasteiger partial charge in [-0.05, 0) is 36.8 Å². The molecule has 0 spiro atoms. The van der Waals surface area contributed by atoms with Crippen LogP contribution >= 0.6 is 0 Å². The number of aromatic nitrogens is 2. The molecule has 0 fully saturated rings. The van der Waals surface area contributed by atoms with E-state index in [-0.39, 0.29) is 11.8 Å². The van der Waals surface area contributed by atoms with Gasteiger partial charge in [-0.15, -0.1) is 0 Å². The lowest BCUT2D eigenvalue weighted by atomic mass is 9.84. The van der Waals surface area contributed by atoms with Crippen LogP contribution in [-0.4, -0.2) is 36.9 Å². The summed E-state index contributed by atoms with van der Waals surface area (Å²) < 4.78 is 16.5. The summed E-state index contributed by atoms with van der Waals surface area (Å²) in [5, 5.41) is 10.3. The molecule has 1 aliphatic rings. The molecule has 0 aliphatic carbocycles. The van der Waals surface area contributed by atoms with Gasteiger partial charge in [-0.1, -0.05) is 12.1 Å². The van der Waals surface area contributed by atoms with E-state index in [1.807, 2.05) is 49.4 Å². The standard InChI is InChI=1S/C22H23N3O4/c1-4-29-15-7-5-6-13(10-15)17-12-19(26)23-22-20(17)21(24-25-22)16-9-8-14(27-2)11-18(16)28-3/h5-11,17H,4,12H2,1-3H3,(H2,23,24,25,26). The van der Waals surface area contributed by atoms with E-state index in [1.165, 1.54) is 0 Å². The number of hydrogen-bond donors (Lipinski definition) is 2. The average molecular weight is 393 g/mol. The second kappa shape index (κ2) is 7.87. The quantitative estimate of drug-likeness (QED) is 0.662. The van der Waals surface area contributed by atoms with Crippen molar-refractivity contribution in [3.8, 4) is 28.5 Å². The van der Waals surface area contributed by atoms with E-state index in [0.29, 0.717) is 30.3 Å². The molecule has 0 saturated heterocycles. The number of amides is 1. The van der Waals surface area contributed by atoms with Crippen molar-refractivity contribution in [3.63, 3.8) is 0 Å². The lowest BCUT2D eigenvalue weighted by Gasteiger charge is -2.24. The minimum atomic E-state index is -0.153. The van der Waals surface area contributed by atoms with Crippen LogP contribution in [0.1, 0.15) is 30.4 Å². The normalized spacial score (nSPS) is 15.4. The third-order valence-electron chi connectivity index (χ3n) is 5.05. The van der Waals surface area contributed by atoms with Gasteiger partial charge in [-0.2, -0.15) is 5.10 Å². The fraction of sp³-hybridized carbons (Fsp3) is 0.273. The van der Waals surface area contributed by atoms with Crippen LogP contribution < -0.4 is 19.5 Å². The number of hydrogen-bond acceptors (Lipinski definition) is 5. The molecule has 2 N–H and O–H groups in total. The summed E-state index contributed by atoms with van der Waals surface area (Å²) >= 11 is 0. The minimum absolute atomic E-state index is 0.0657. The Bertz CT molecular complexity index is 1040. The van der Waals surface area contributed by atoms with Gasteiger partial charge in [0.25, 0.3) is 0 Å². The SMILES string of the molecule is CCOc1cccc(C2CC(=O)Nc3n[nH]c(-c4ccc(OC)cc4OC)c32)c1. The van der Waals surface area contributed by atoms with E-state index in [0.717, 1.165) is 28.1 Å². The van der Waals surface area contributed by atoms with Gasteiger partial charge in [0.2, 0.25) is 5.91 Å². The third kappa shape index (κ3) is 3.51. The van der Waals surface area contributed by atoms with Gasteiger partial charge in [-0.25, -0.2) is 0 Å². The molecule has 1 amide bonds. The number of methoxy groups -OCH3 is 2. The molecular formula is C22H23N3O4. The summed E-state index contributed by atoms with van der Waals surface area (Å²) in [5.41, 5.74) is 3.60. The van der Waals surface area contributed by atoms with Crippen LogP contribution in [-0.2, 0) is 4.79 Å². The number of nitrogens with zero attached hydrogens (tertiary/aromatic N) is 1. The predicted octanol–water partition coefficient (Wildman–Crippen LogP) is 3.97. The zero-order chi connectivity index (χ0) is 20.4. The maximum Gasteiger partial charge on any atom is 0.226 e. The highest BCUT2D eigenvalue weighted by Gasteiger charge is 2.33. The molecular weight excluding hydrogens is 370 g/mol. The summed E-state index contributed by atoms with van der Waals surface area (Å²) in [7, 11) is 3.23. The van der Waals surface area contributed by atoms with Crippen LogP contribution in [0, 0.1) is 0 Å². The van der Waals surface area contributed by atoms with Crippen molar-refractivity contribution in [1.29, 1.82) is 0 Å². The molecule has 3 aromatic rings. The van der Waals surface area contributed by atoms with Gasteiger partial charge in [0.15, 0.2) is 5.82 Å². The van der Waals surface area contributed by atoms with Crippen molar-refractivity contribution in [2.24, 2.45) is 0 Å². The maximum atomic E-state index is 12.3. The van der Waals surface area contributed by atoms with Crippen LogP contribution in [0.5, 0.6) is 17.2 Å². The number of anilines is 1. The number of carbonyl (C=O) groups is 1. The van der Waals surface area contributed by atoms with E-state index in [9.17, 15) is 4.79 Å². The molecule has 0 radical (unpaired) electrons. The fourth-order valence-corrected chi connectivity index (χ4v) is 3.74. The van der Waals surface area contributed by atoms with Gasteiger partial charge in [-0.3, -0.25) is 9.89 Å². The molecule has 2 aromatic carbocycles. The molecule has 1 aromatic heterocycles. The minimum Gasteiger partial charge on any atom is -0.497 e. The first kappa shape index (κ1) is 18.9. The van der Waals surface area contributed by atoms with Crippen LogP contribution in [0.4, 0.5) is 5.82 Å². The fourth-order valence-electron chi connectivity index (χ4n) is 3.74. The third-order valence-corrected chi connectivity index (χ3v) is 5.05. The number of rotatable bonds is 6. The van der Waals surface area contributed by atoms with Gasteiger partial charge in [0.05, 0.1) is 26.5 Å². The maximum absolute atomic E-state index is 12.3.